The molecule has 8 nitrogen and oxygen atoms in total. The zero-order chi connectivity index (χ0) is 20.6. The number of hydrogen-bond donors (Lipinski definition) is 0. The molecule has 1 fully saturated rings. The fourth-order valence-corrected chi connectivity index (χ4v) is 3.22. The smallest absolute Gasteiger partial charge is 0.246 e. The van der Waals surface area contributed by atoms with Gasteiger partial charge < -0.3 is 23.8 Å². The largest absolute Gasteiger partial charge is 0.493 e. The number of amides is 1. The molecule has 154 valence electrons. The summed E-state index contributed by atoms with van der Waals surface area (Å²) in [4.78, 5) is 22.4. The lowest BCUT2D eigenvalue weighted by atomic mass is 10.1. The maximum absolute atomic E-state index is 12.7. The summed E-state index contributed by atoms with van der Waals surface area (Å²) in [6.45, 7) is 1.21. The molecule has 3 rings (SSSR count). The van der Waals surface area contributed by atoms with E-state index in [2.05, 4.69) is 9.97 Å². The van der Waals surface area contributed by atoms with Crippen LogP contribution in [0.5, 0.6) is 23.1 Å². The van der Waals surface area contributed by atoms with Crippen LogP contribution in [-0.2, 0) is 4.79 Å². The Kier molecular flexibility index (Phi) is 6.89. The quantitative estimate of drug-likeness (QED) is 0.662. The van der Waals surface area contributed by atoms with Gasteiger partial charge in [0.25, 0.3) is 0 Å². The van der Waals surface area contributed by atoms with Gasteiger partial charge in [0.2, 0.25) is 17.5 Å². The van der Waals surface area contributed by atoms with E-state index in [0.717, 1.165) is 18.4 Å². The summed E-state index contributed by atoms with van der Waals surface area (Å²) in [5, 5.41) is 0. The van der Waals surface area contributed by atoms with E-state index in [1.165, 1.54) is 6.33 Å². The van der Waals surface area contributed by atoms with Crippen molar-refractivity contribution in [3.05, 3.63) is 42.4 Å². The first-order valence-electron chi connectivity index (χ1n) is 9.34. The Balaban J connectivity index is 1.67. The number of carbonyl (C=O) groups excluding carboxylic acids is 1. The average Bonchev–Trinajstić information content (AvgIpc) is 2.77. The molecule has 1 aliphatic heterocycles. The number of likely N-dealkylation sites (tertiary alicyclic amines) is 1. The molecule has 2 aromatic rings. The molecule has 1 aromatic heterocycles. The van der Waals surface area contributed by atoms with E-state index in [9.17, 15) is 4.79 Å². The number of rotatable bonds is 7. The number of nitrogens with zero attached hydrogens (tertiary/aromatic N) is 3. The van der Waals surface area contributed by atoms with Crippen molar-refractivity contribution in [2.24, 2.45) is 0 Å². The first kappa shape index (κ1) is 20.4. The summed E-state index contributed by atoms with van der Waals surface area (Å²) in [5.74, 6) is 2.03. The Morgan fingerprint density at radius 3 is 2.55 bits per heavy atom. The molecule has 0 aliphatic carbocycles. The highest BCUT2D eigenvalue weighted by molar-refractivity contribution is 5.92. The minimum absolute atomic E-state index is 0.0743. The minimum atomic E-state index is -0.0859. The molecule has 0 radical (unpaired) electrons. The van der Waals surface area contributed by atoms with E-state index in [1.807, 2.05) is 0 Å². The third-order valence-corrected chi connectivity index (χ3v) is 4.64. The predicted molar refractivity (Wildman–Crippen MR) is 107 cm³/mol. The topological polar surface area (TPSA) is 83.0 Å². The SMILES string of the molecule is COc1cc(/C=C/C(=O)N2CCCC(Oc3ccncn3)C2)cc(OC)c1OC. The van der Waals surface area contributed by atoms with Crippen molar-refractivity contribution in [3.8, 4) is 23.1 Å². The summed E-state index contributed by atoms with van der Waals surface area (Å²) in [5.41, 5.74) is 0.777. The molecule has 0 saturated carbocycles. The van der Waals surface area contributed by atoms with Crippen molar-refractivity contribution < 1.29 is 23.7 Å². The maximum Gasteiger partial charge on any atom is 0.246 e. The minimum Gasteiger partial charge on any atom is -0.493 e. The molecule has 1 atom stereocenters. The van der Waals surface area contributed by atoms with Gasteiger partial charge in [-0.1, -0.05) is 0 Å². The predicted octanol–water partition coefficient (Wildman–Crippen LogP) is 2.59. The molecule has 0 N–H and O–H groups in total. The molecule has 2 heterocycles. The van der Waals surface area contributed by atoms with Gasteiger partial charge in [-0.2, -0.15) is 0 Å². The Morgan fingerprint density at radius 2 is 1.93 bits per heavy atom. The molecule has 1 aliphatic rings. The van der Waals surface area contributed by atoms with Crippen molar-refractivity contribution >= 4 is 12.0 Å². The van der Waals surface area contributed by atoms with Gasteiger partial charge in [-0.05, 0) is 36.6 Å². The number of aromatic nitrogens is 2. The highest BCUT2D eigenvalue weighted by Crippen LogP contribution is 2.38. The fourth-order valence-electron chi connectivity index (χ4n) is 3.22. The summed E-state index contributed by atoms with van der Waals surface area (Å²) < 4.78 is 21.9. The molecular weight excluding hydrogens is 374 g/mol. The van der Waals surface area contributed by atoms with Crippen LogP contribution in [0.25, 0.3) is 6.08 Å². The third kappa shape index (κ3) is 5.16. The van der Waals surface area contributed by atoms with Crippen LogP contribution in [0.2, 0.25) is 0 Å². The van der Waals surface area contributed by atoms with Crippen LogP contribution in [0.15, 0.2) is 36.8 Å². The van der Waals surface area contributed by atoms with E-state index in [-0.39, 0.29) is 12.0 Å². The lowest BCUT2D eigenvalue weighted by Gasteiger charge is -2.31. The fraction of sp³-hybridized carbons (Fsp3) is 0.381. The van der Waals surface area contributed by atoms with Crippen LogP contribution in [-0.4, -0.2) is 61.3 Å². The monoisotopic (exact) mass is 399 g/mol. The van der Waals surface area contributed by atoms with Crippen molar-refractivity contribution in [3.63, 3.8) is 0 Å². The molecule has 1 unspecified atom stereocenters. The second-order valence-electron chi connectivity index (χ2n) is 6.51. The molecule has 0 bridgehead atoms. The van der Waals surface area contributed by atoms with Gasteiger partial charge in [0.05, 0.1) is 27.9 Å². The van der Waals surface area contributed by atoms with Gasteiger partial charge in [0.15, 0.2) is 11.5 Å². The van der Waals surface area contributed by atoms with Crippen LogP contribution in [0, 0.1) is 0 Å². The Bertz CT molecular complexity index is 832. The Morgan fingerprint density at radius 1 is 1.17 bits per heavy atom. The number of piperidine rings is 1. The standard InChI is InChI=1S/C21H25N3O5/c1-26-17-11-15(12-18(27-2)21(17)28-3)6-7-20(25)24-10-4-5-16(13-24)29-19-8-9-22-14-23-19/h6-9,11-12,14,16H,4-5,10,13H2,1-3H3/b7-6+. The van der Waals surface area contributed by atoms with E-state index in [4.69, 9.17) is 18.9 Å². The number of hydrogen-bond acceptors (Lipinski definition) is 7. The second-order valence-corrected chi connectivity index (χ2v) is 6.51. The molecule has 29 heavy (non-hydrogen) atoms. The molecule has 1 amide bonds. The van der Waals surface area contributed by atoms with E-state index >= 15 is 0 Å². The summed E-state index contributed by atoms with van der Waals surface area (Å²) in [6, 6.07) is 5.30. The number of methoxy groups -OCH3 is 3. The van der Waals surface area contributed by atoms with E-state index in [0.29, 0.717) is 36.2 Å². The molecular formula is C21H25N3O5. The number of benzene rings is 1. The van der Waals surface area contributed by atoms with E-state index in [1.54, 1.807) is 62.8 Å². The van der Waals surface area contributed by atoms with Crippen molar-refractivity contribution in [2.45, 2.75) is 18.9 Å². The van der Waals surface area contributed by atoms with Gasteiger partial charge in [-0.25, -0.2) is 9.97 Å². The highest BCUT2D eigenvalue weighted by atomic mass is 16.5. The van der Waals surface area contributed by atoms with Gasteiger partial charge >= 0.3 is 0 Å². The van der Waals surface area contributed by atoms with Crippen LogP contribution in [0.1, 0.15) is 18.4 Å². The zero-order valence-electron chi connectivity index (χ0n) is 16.8. The van der Waals surface area contributed by atoms with Gasteiger partial charge in [0.1, 0.15) is 12.4 Å². The second kappa shape index (κ2) is 9.77. The summed E-state index contributed by atoms with van der Waals surface area (Å²) >= 11 is 0. The number of ether oxygens (including phenoxy) is 4. The van der Waals surface area contributed by atoms with E-state index < -0.39 is 0 Å². The normalized spacial score (nSPS) is 16.5. The summed E-state index contributed by atoms with van der Waals surface area (Å²) in [7, 11) is 4.67. The average molecular weight is 399 g/mol. The van der Waals surface area contributed by atoms with Crippen LogP contribution in [0.3, 0.4) is 0 Å². The molecule has 1 aromatic carbocycles. The van der Waals surface area contributed by atoms with Crippen LogP contribution >= 0.6 is 0 Å². The first-order chi connectivity index (χ1) is 14.1. The molecule has 8 heteroatoms. The Hall–Kier alpha value is -3.29. The maximum atomic E-state index is 12.7. The highest BCUT2D eigenvalue weighted by Gasteiger charge is 2.24. The Labute approximate surface area is 170 Å². The lowest BCUT2D eigenvalue weighted by Crippen LogP contribution is -2.43. The van der Waals surface area contributed by atoms with Crippen LogP contribution < -0.4 is 18.9 Å². The first-order valence-corrected chi connectivity index (χ1v) is 9.34. The number of carbonyl (C=O) groups is 1. The van der Waals surface area contributed by atoms with Gasteiger partial charge in [-0.3, -0.25) is 4.79 Å². The zero-order valence-corrected chi connectivity index (χ0v) is 16.8. The van der Waals surface area contributed by atoms with Gasteiger partial charge in [-0.15, -0.1) is 0 Å². The molecule has 0 spiro atoms. The van der Waals surface area contributed by atoms with Crippen LogP contribution in [0.4, 0.5) is 0 Å². The van der Waals surface area contributed by atoms with Crippen molar-refractivity contribution in [1.29, 1.82) is 0 Å². The third-order valence-electron chi connectivity index (χ3n) is 4.64. The van der Waals surface area contributed by atoms with Crippen molar-refractivity contribution in [2.75, 3.05) is 34.4 Å². The summed E-state index contributed by atoms with van der Waals surface area (Å²) in [6.07, 6.45) is 8.03. The lowest BCUT2D eigenvalue weighted by molar-refractivity contribution is -0.128. The van der Waals surface area contributed by atoms with Crippen molar-refractivity contribution in [1.82, 2.24) is 14.9 Å². The molecule has 1 saturated heterocycles. The van der Waals surface area contributed by atoms with Gasteiger partial charge in [0, 0.05) is 24.9 Å².